The van der Waals surface area contributed by atoms with Gasteiger partial charge >= 0.3 is 0 Å². The van der Waals surface area contributed by atoms with Crippen LogP contribution in [-0.4, -0.2) is 60.7 Å². The minimum atomic E-state index is -2.97. The topological polar surface area (TPSA) is 39.6 Å². The second kappa shape index (κ2) is 13.7. The van der Waals surface area contributed by atoms with Gasteiger partial charge in [-0.3, -0.25) is 4.90 Å². The van der Waals surface area contributed by atoms with E-state index in [4.69, 9.17) is 10.1 Å². The van der Waals surface area contributed by atoms with Crippen molar-refractivity contribution in [1.82, 2.24) is 9.80 Å². The number of allylic oxidation sites excluding steroid dienone is 5. The van der Waals surface area contributed by atoms with Crippen molar-refractivity contribution in [2.45, 2.75) is 90.5 Å². The fraction of sp³-hybridized carbons (Fsp3) is 0.759. The van der Waals surface area contributed by atoms with Gasteiger partial charge in [0.2, 0.25) is 0 Å². The highest BCUT2D eigenvalue weighted by molar-refractivity contribution is 5.78. The van der Waals surface area contributed by atoms with Crippen LogP contribution in [0.1, 0.15) is 78.6 Å². The van der Waals surface area contributed by atoms with E-state index in [1.54, 1.807) is 0 Å². The van der Waals surface area contributed by atoms with Gasteiger partial charge in [-0.2, -0.15) is 0 Å². The summed E-state index contributed by atoms with van der Waals surface area (Å²) in [6.07, 6.45) is 16.8. The number of ether oxygens (including phenoxy) is 1. The van der Waals surface area contributed by atoms with E-state index in [1.165, 1.54) is 83.6 Å². The Labute approximate surface area is 212 Å². The van der Waals surface area contributed by atoms with Crippen LogP contribution in [0.4, 0.5) is 8.78 Å². The molecule has 3 rings (SSSR count). The molecule has 2 aliphatic carbocycles. The zero-order valence-electron chi connectivity index (χ0n) is 22.2. The van der Waals surface area contributed by atoms with Crippen molar-refractivity contribution in [3.05, 3.63) is 35.8 Å². The van der Waals surface area contributed by atoms with Gasteiger partial charge in [-0.1, -0.05) is 33.6 Å². The van der Waals surface area contributed by atoms with Gasteiger partial charge in [0.25, 0.3) is 5.92 Å². The Morgan fingerprint density at radius 2 is 1.94 bits per heavy atom. The molecule has 1 saturated heterocycles. The molecule has 1 aliphatic heterocycles. The van der Waals surface area contributed by atoms with Crippen molar-refractivity contribution in [2.24, 2.45) is 17.8 Å². The first-order valence-electron chi connectivity index (χ1n) is 13.9. The van der Waals surface area contributed by atoms with Crippen LogP contribution in [0.5, 0.6) is 0 Å². The van der Waals surface area contributed by atoms with E-state index in [9.17, 15) is 8.78 Å². The maximum atomic E-state index is 13.7. The molecule has 198 valence electrons. The van der Waals surface area contributed by atoms with E-state index in [2.05, 4.69) is 29.7 Å². The van der Waals surface area contributed by atoms with E-state index in [1.807, 2.05) is 0 Å². The van der Waals surface area contributed by atoms with Crippen molar-refractivity contribution >= 4 is 6.21 Å². The van der Waals surface area contributed by atoms with Crippen LogP contribution in [-0.2, 0) is 4.74 Å². The van der Waals surface area contributed by atoms with Crippen LogP contribution in [0.3, 0.4) is 0 Å². The van der Waals surface area contributed by atoms with Gasteiger partial charge in [-0.05, 0) is 68.1 Å². The smallest absolute Gasteiger partial charge is 0.274 e. The third-order valence-electron chi connectivity index (χ3n) is 8.07. The summed E-state index contributed by atoms with van der Waals surface area (Å²) in [4.78, 5) is 5.42. The largest absolute Gasteiger partial charge is 0.470 e. The fourth-order valence-corrected chi connectivity index (χ4v) is 6.04. The van der Waals surface area contributed by atoms with Gasteiger partial charge in [0, 0.05) is 63.4 Å². The molecule has 1 N–H and O–H groups in total. The molecule has 0 aromatic carbocycles. The van der Waals surface area contributed by atoms with Gasteiger partial charge < -0.3 is 15.0 Å². The summed E-state index contributed by atoms with van der Waals surface area (Å²) in [6.45, 7) is 12.1. The minimum absolute atomic E-state index is 0.295. The van der Waals surface area contributed by atoms with E-state index < -0.39 is 5.92 Å². The molecule has 1 heterocycles. The molecule has 0 radical (unpaired) electrons. The summed E-state index contributed by atoms with van der Waals surface area (Å²) in [5.41, 5.74) is -0.295. The Morgan fingerprint density at radius 3 is 2.57 bits per heavy atom. The summed E-state index contributed by atoms with van der Waals surface area (Å²) in [5.74, 6) is 0.358. The molecule has 4 nitrogen and oxygen atoms in total. The Hall–Kier alpha value is -1.53. The average molecular weight is 492 g/mol. The standard InChI is InChI=1S/C29H47F2N3O/c1-4-29(30,31)26(21-32)8-6-18-35-28-12-10-24(11-13-28)22-33-14-16-34(17-15-33)27-9-5-7-25(20-27)19-23(2)3/h6,8,12,18,21,23-25,27,32H,4-5,7,9-11,13-17,19-20,22H2,1-3H3/b18-6+,26-8+,32-21?. The lowest BCUT2D eigenvalue weighted by atomic mass is 9.80. The van der Waals surface area contributed by atoms with E-state index in [0.717, 1.165) is 55.7 Å². The number of piperazine rings is 1. The summed E-state index contributed by atoms with van der Waals surface area (Å²) >= 11 is 0. The van der Waals surface area contributed by atoms with E-state index in [-0.39, 0.29) is 12.0 Å². The molecule has 3 atom stereocenters. The van der Waals surface area contributed by atoms with Crippen molar-refractivity contribution in [2.75, 3.05) is 32.7 Å². The highest BCUT2D eigenvalue weighted by Crippen LogP contribution is 2.33. The molecule has 0 aromatic rings. The Morgan fingerprint density at radius 1 is 1.17 bits per heavy atom. The molecule has 0 spiro atoms. The maximum Gasteiger partial charge on any atom is 0.274 e. The monoisotopic (exact) mass is 491 g/mol. The Bertz CT molecular complexity index is 753. The molecule has 1 saturated carbocycles. The number of halogens is 2. The van der Waals surface area contributed by atoms with Crippen LogP contribution >= 0.6 is 0 Å². The van der Waals surface area contributed by atoms with Crippen molar-refractivity contribution in [3.63, 3.8) is 0 Å². The van der Waals surface area contributed by atoms with Crippen molar-refractivity contribution in [1.29, 1.82) is 5.41 Å². The number of hydrogen-bond acceptors (Lipinski definition) is 4. The molecule has 3 unspecified atom stereocenters. The highest BCUT2D eigenvalue weighted by Gasteiger charge is 2.31. The second-order valence-electron chi connectivity index (χ2n) is 11.2. The Balaban J connectivity index is 1.37. The SMILES string of the molecule is CCC(F)(F)/C(C=N)=C/C=C/OC1=CCC(CN2CCN(C3CCCC(CC(C)C)C3)CC2)CC1. The number of nitrogens with zero attached hydrogens (tertiary/aromatic N) is 2. The lowest BCUT2D eigenvalue weighted by Gasteiger charge is -2.43. The fourth-order valence-electron chi connectivity index (χ4n) is 6.04. The van der Waals surface area contributed by atoms with Gasteiger partial charge in [0.1, 0.15) is 0 Å². The predicted octanol–water partition coefficient (Wildman–Crippen LogP) is 7.04. The summed E-state index contributed by atoms with van der Waals surface area (Å²) < 4.78 is 33.1. The molecule has 0 amide bonds. The van der Waals surface area contributed by atoms with Gasteiger partial charge in [-0.15, -0.1) is 0 Å². The second-order valence-corrected chi connectivity index (χ2v) is 11.2. The summed E-state index contributed by atoms with van der Waals surface area (Å²) in [6, 6.07) is 0.804. The van der Waals surface area contributed by atoms with E-state index in [0.29, 0.717) is 5.92 Å². The number of hydrogen-bond donors (Lipinski definition) is 1. The minimum Gasteiger partial charge on any atom is -0.470 e. The summed E-state index contributed by atoms with van der Waals surface area (Å²) in [5, 5.41) is 7.21. The predicted molar refractivity (Wildman–Crippen MR) is 141 cm³/mol. The number of rotatable bonds is 11. The zero-order valence-corrected chi connectivity index (χ0v) is 22.2. The van der Waals surface area contributed by atoms with Crippen LogP contribution in [0.2, 0.25) is 0 Å². The molecule has 35 heavy (non-hydrogen) atoms. The number of alkyl halides is 2. The molecular formula is C29H47F2N3O. The Kier molecular flexibility index (Phi) is 11.0. The number of nitrogens with one attached hydrogen (secondary N) is 1. The zero-order chi connectivity index (χ0) is 25.3. The quantitative estimate of drug-likeness (QED) is 0.191. The molecular weight excluding hydrogens is 444 g/mol. The third-order valence-corrected chi connectivity index (χ3v) is 8.07. The first kappa shape index (κ1) is 28.0. The lowest BCUT2D eigenvalue weighted by molar-refractivity contribution is 0.0445. The molecule has 3 aliphatic rings. The van der Waals surface area contributed by atoms with E-state index >= 15 is 0 Å². The average Bonchev–Trinajstić information content (AvgIpc) is 2.85. The van der Waals surface area contributed by atoms with Crippen LogP contribution < -0.4 is 0 Å². The van der Waals surface area contributed by atoms with Crippen LogP contribution in [0.25, 0.3) is 0 Å². The van der Waals surface area contributed by atoms with Crippen LogP contribution in [0.15, 0.2) is 35.8 Å². The first-order chi connectivity index (χ1) is 16.8. The van der Waals surface area contributed by atoms with Gasteiger partial charge in [0.05, 0.1) is 12.0 Å². The first-order valence-corrected chi connectivity index (χ1v) is 13.9. The van der Waals surface area contributed by atoms with Gasteiger partial charge in [0.15, 0.2) is 0 Å². The van der Waals surface area contributed by atoms with Crippen LogP contribution in [0, 0.1) is 23.2 Å². The summed E-state index contributed by atoms with van der Waals surface area (Å²) in [7, 11) is 0. The molecule has 0 aromatic heterocycles. The normalized spacial score (nSPS) is 27.9. The highest BCUT2D eigenvalue weighted by atomic mass is 19.3. The maximum absolute atomic E-state index is 13.7. The third kappa shape index (κ3) is 8.82. The van der Waals surface area contributed by atoms with Crippen molar-refractivity contribution < 1.29 is 13.5 Å². The van der Waals surface area contributed by atoms with Crippen molar-refractivity contribution in [3.8, 4) is 0 Å². The molecule has 0 bridgehead atoms. The molecule has 6 heteroatoms. The molecule has 2 fully saturated rings. The lowest BCUT2D eigenvalue weighted by Crippen LogP contribution is -2.52. The van der Waals surface area contributed by atoms with Gasteiger partial charge in [-0.25, -0.2) is 8.78 Å².